The van der Waals surface area contributed by atoms with Gasteiger partial charge in [-0.2, -0.15) is 0 Å². The van der Waals surface area contributed by atoms with E-state index in [4.69, 9.17) is 10.2 Å². The number of nitrogens with zero attached hydrogens (tertiary/aromatic N) is 3. The molecule has 5 rings (SSSR count). The van der Waals surface area contributed by atoms with Crippen molar-refractivity contribution in [1.29, 1.82) is 0 Å². The lowest BCUT2D eigenvalue weighted by Gasteiger charge is -2.50. The second kappa shape index (κ2) is 10.0. The smallest absolute Gasteiger partial charge is 0.255 e. The number of phenolic OH excluding ortho intramolecular Hbond substituents is 1. The minimum atomic E-state index is -2.69. The second-order valence-corrected chi connectivity index (χ2v) is 12.0. The van der Waals surface area contributed by atoms with E-state index < -0.39 is 58.0 Å². The minimum Gasteiger partial charge on any atom is -0.508 e. The van der Waals surface area contributed by atoms with Crippen LogP contribution in [-0.4, -0.2) is 102 Å². The normalized spacial score (nSPS) is 25.6. The Morgan fingerprint density at radius 3 is 2.33 bits per heavy atom. The number of phenols is 1. The highest BCUT2D eigenvalue weighted by Crippen LogP contribution is 2.55. The predicted octanol–water partition coefficient (Wildman–Crippen LogP) is 1.35. The lowest BCUT2D eigenvalue weighted by molar-refractivity contribution is -0.153. The standard InChI is InChI=1S/C30H36N4O8/c1-32(2)12-14-7-8-19(42-14)16-11-18(33(3)4)15-9-13-10-17-23(34(5)6)26(37)22(29(31)40)28(39)30(17,41)27(38)20(13)25(36)21(15)24(16)35/h7-8,11,13,17,23,35-36,39,41H,9-10,12H2,1-6H3,(H2,31,40)/t13-,17-,23-,30-/m0/s1. The van der Waals surface area contributed by atoms with Gasteiger partial charge < -0.3 is 40.4 Å². The molecular formula is C30H36N4O8. The summed E-state index contributed by atoms with van der Waals surface area (Å²) in [6.45, 7) is 0.526. The van der Waals surface area contributed by atoms with Crippen LogP contribution in [0.15, 0.2) is 39.5 Å². The van der Waals surface area contributed by atoms with Gasteiger partial charge in [0.15, 0.2) is 11.4 Å². The van der Waals surface area contributed by atoms with Gasteiger partial charge in [0.2, 0.25) is 5.78 Å². The number of primary amides is 1. The topological polar surface area (TPSA) is 181 Å². The average Bonchev–Trinajstić information content (AvgIpc) is 3.33. The van der Waals surface area contributed by atoms with Crippen molar-refractivity contribution in [2.75, 3.05) is 47.2 Å². The molecule has 12 nitrogen and oxygen atoms in total. The summed E-state index contributed by atoms with van der Waals surface area (Å²) in [4.78, 5) is 44.8. The maximum atomic E-state index is 14.1. The lowest BCUT2D eigenvalue weighted by Crippen LogP contribution is -2.65. The monoisotopic (exact) mass is 580 g/mol. The van der Waals surface area contributed by atoms with Crippen molar-refractivity contribution in [3.05, 3.63) is 52.0 Å². The Morgan fingerprint density at radius 1 is 1.10 bits per heavy atom. The van der Waals surface area contributed by atoms with Gasteiger partial charge >= 0.3 is 0 Å². The Labute approximate surface area is 242 Å². The summed E-state index contributed by atoms with van der Waals surface area (Å²) in [5.41, 5.74) is 3.21. The van der Waals surface area contributed by atoms with Crippen molar-refractivity contribution in [2.24, 2.45) is 17.6 Å². The van der Waals surface area contributed by atoms with Crippen LogP contribution in [-0.2, 0) is 27.3 Å². The molecule has 0 spiro atoms. The van der Waals surface area contributed by atoms with E-state index in [0.717, 1.165) is 0 Å². The van der Waals surface area contributed by atoms with Gasteiger partial charge in [-0.3, -0.25) is 19.3 Å². The predicted molar refractivity (Wildman–Crippen MR) is 154 cm³/mol. The molecule has 0 aliphatic heterocycles. The average molecular weight is 581 g/mol. The van der Waals surface area contributed by atoms with E-state index in [1.54, 1.807) is 32.3 Å². The fourth-order valence-electron chi connectivity index (χ4n) is 6.80. The summed E-state index contributed by atoms with van der Waals surface area (Å²) in [5, 5.41) is 46.0. The van der Waals surface area contributed by atoms with Crippen LogP contribution in [0.25, 0.3) is 17.1 Å². The summed E-state index contributed by atoms with van der Waals surface area (Å²) >= 11 is 0. The van der Waals surface area contributed by atoms with Crippen molar-refractivity contribution >= 4 is 28.9 Å². The number of aliphatic hydroxyl groups excluding tert-OH is 2. The fraction of sp³-hybridized carbons (Fsp3) is 0.433. The van der Waals surface area contributed by atoms with Crippen molar-refractivity contribution < 1.29 is 39.2 Å². The third-order valence-corrected chi connectivity index (χ3v) is 8.58. The highest BCUT2D eigenvalue weighted by Gasteiger charge is 2.64. The number of hydrogen-bond acceptors (Lipinski definition) is 11. The number of aliphatic hydroxyl groups is 3. The zero-order valence-electron chi connectivity index (χ0n) is 24.4. The molecule has 2 aromatic rings. The number of ketones is 2. The lowest BCUT2D eigenvalue weighted by atomic mass is 9.57. The largest absolute Gasteiger partial charge is 0.508 e. The van der Waals surface area contributed by atoms with E-state index in [9.17, 15) is 34.8 Å². The minimum absolute atomic E-state index is 0.0121. The molecule has 0 unspecified atom stereocenters. The fourth-order valence-corrected chi connectivity index (χ4v) is 6.80. The highest BCUT2D eigenvalue weighted by atomic mass is 16.4. The van der Waals surface area contributed by atoms with Crippen molar-refractivity contribution in [3.8, 4) is 17.1 Å². The molecule has 1 aromatic heterocycles. The van der Waals surface area contributed by atoms with Gasteiger partial charge in [-0.05, 0) is 70.7 Å². The van der Waals surface area contributed by atoms with Gasteiger partial charge in [0.1, 0.15) is 34.4 Å². The van der Waals surface area contributed by atoms with Crippen LogP contribution in [0.2, 0.25) is 0 Å². The number of likely N-dealkylation sites (N-methyl/N-ethyl adjacent to an activating group) is 1. The number of amides is 1. The van der Waals surface area contributed by atoms with Crippen molar-refractivity contribution in [1.82, 2.24) is 9.80 Å². The van der Waals surface area contributed by atoms with E-state index in [1.165, 1.54) is 4.90 Å². The number of aromatic hydroxyl groups is 1. The molecule has 1 fully saturated rings. The first-order valence-electron chi connectivity index (χ1n) is 13.6. The first kappa shape index (κ1) is 29.4. The van der Waals surface area contributed by atoms with Gasteiger partial charge in [0.05, 0.1) is 23.7 Å². The molecular weight excluding hydrogens is 544 g/mol. The van der Waals surface area contributed by atoms with Crippen molar-refractivity contribution in [3.63, 3.8) is 0 Å². The van der Waals surface area contributed by atoms with Crippen LogP contribution >= 0.6 is 0 Å². The molecule has 6 N–H and O–H groups in total. The molecule has 1 heterocycles. The van der Waals surface area contributed by atoms with E-state index in [2.05, 4.69) is 0 Å². The van der Waals surface area contributed by atoms with Gasteiger partial charge in [-0.25, -0.2) is 0 Å². The van der Waals surface area contributed by atoms with Crippen LogP contribution in [0.3, 0.4) is 0 Å². The summed E-state index contributed by atoms with van der Waals surface area (Å²) in [6, 6.07) is 4.12. The number of nitrogens with two attached hydrogens (primary N) is 1. The number of benzene rings is 1. The molecule has 4 atom stereocenters. The summed E-state index contributed by atoms with van der Waals surface area (Å²) in [7, 11) is 10.5. The summed E-state index contributed by atoms with van der Waals surface area (Å²) < 4.78 is 5.99. The Hall–Kier alpha value is -4.13. The zero-order chi connectivity index (χ0) is 31.0. The SMILES string of the molecule is CN(C)Cc1ccc(-c2cc(N(C)C)c3c(c2O)C(O)=C2C(=O)[C@]4(O)C(O)=C(C(N)=O)C(=O)[C@@H](N(C)C)[C@@H]4C[C@@H]2C3)o1. The van der Waals surface area contributed by atoms with Crippen molar-refractivity contribution in [2.45, 2.75) is 31.0 Å². The van der Waals surface area contributed by atoms with Crippen LogP contribution < -0.4 is 10.6 Å². The van der Waals surface area contributed by atoms with E-state index in [-0.39, 0.29) is 29.7 Å². The first-order valence-corrected chi connectivity index (χ1v) is 13.6. The third-order valence-electron chi connectivity index (χ3n) is 8.58. The first-order chi connectivity index (χ1) is 19.6. The molecule has 0 bridgehead atoms. The van der Waals surface area contributed by atoms with E-state index in [0.29, 0.717) is 34.9 Å². The Kier molecular flexibility index (Phi) is 6.99. The molecule has 1 amide bonds. The molecule has 224 valence electrons. The van der Waals surface area contributed by atoms with Gasteiger partial charge in [0.25, 0.3) is 5.91 Å². The summed E-state index contributed by atoms with van der Waals surface area (Å²) in [5.74, 6) is -5.87. The third kappa shape index (κ3) is 4.12. The number of Topliss-reactive ketones (excluding diaryl/α,β-unsaturated/α-hetero) is 2. The molecule has 12 heteroatoms. The molecule has 1 aromatic carbocycles. The number of carbonyl (C=O) groups is 3. The molecule has 42 heavy (non-hydrogen) atoms. The van der Waals surface area contributed by atoms with Gasteiger partial charge in [-0.15, -0.1) is 0 Å². The van der Waals surface area contributed by atoms with E-state index in [1.807, 2.05) is 38.0 Å². The molecule has 0 radical (unpaired) electrons. The maximum absolute atomic E-state index is 14.1. The Morgan fingerprint density at radius 2 is 1.76 bits per heavy atom. The summed E-state index contributed by atoms with van der Waals surface area (Å²) in [6.07, 6.45) is 0.215. The molecule has 3 aliphatic carbocycles. The number of anilines is 1. The second-order valence-electron chi connectivity index (χ2n) is 12.0. The van der Waals surface area contributed by atoms with E-state index >= 15 is 0 Å². The molecule has 0 saturated heterocycles. The van der Waals surface area contributed by atoms with Gasteiger partial charge in [-0.1, -0.05) is 0 Å². The maximum Gasteiger partial charge on any atom is 0.255 e. The number of rotatable bonds is 6. The Bertz CT molecular complexity index is 1580. The number of hydrogen-bond donors (Lipinski definition) is 5. The Balaban J connectivity index is 1.73. The van der Waals surface area contributed by atoms with Crippen LogP contribution in [0.5, 0.6) is 5.75 Å². The zero-order valence-corrected chi connectivity index (χ0v) is 24.4. The number of furan rings is 1. The quantitative estimate of drug-likeness (QED) is 0.311. The van der Waals surface area contributed by atoms with Crippen LogP contribution in [0, 0.1) is 11.8 Å². The van der Waals surface area contributed by atoms with Crippen LogP contribution in [0.4, 0.5) is 5.69 Å². The highest BCUT2D eigenvalue weighted by molar-refractivity contribution is 6.24. The van der Waals surface area contributed by atoms with Gasteiger partial charge in [0, 0.05) is 31.3 Å². The number of carbonyl (C=O) groups excluding carboxylic acids is 3. The van der Waals surface area contributed by atoms with Crippen LogP contribution in [0.1, 0.15) is 23.3 Å². The molecule has 1 saturated carbocycles. The number of fused-ring (bicyclic) bond motifs is 3. The molecule has 3 aliphatic rings.